The van der Waals surface area contributed by atoms with Crippen molar-refractivity contribution in [1.29, 1.82) is 0 Å². The molecule has 1 aliphatic carbocycles. The average molecular weight is 311 g/mol. The summed E-state index contributed by atoms with van der Waals surface area (Å²) in [6, 6.07) is 4.30. The Hall–Kier alpha value is -2.76. The third-order valence-corrected chi connectivity index (χ3v) is 4.09. The molecule has 6 heteroatoms. The summed E-state index contributed by atoms with van der Waals surface area (Å²) < 4.78 is 20.9. The van der Waals surface area contributed by atoms with Crippen LogP contribution in [0.2, 0.25) is 0 Å². The Bertz CT molecular complexity index is 915. The van der Waals surface area contributed by atoms with Crippen molar-refractivity contribution in [2.75, 3.05) is 7.11 Å². The zero-order valence-electron chi connectivity index (χ0n) is 12.5. The minimum atomic E-state index is -0.561. The van der Waals surface area contributed by atoms with Gasteiger partial charge in [-0.05, 0) is 25.0 Å². The third kappa shape index (κ3) is 2.36. The van der Waals surface area contributed by atoms with E-state index in [0.29, 0.717) is 22.8 Å². The number of imidazole rings is 1. The summed E-state index contributed by atoms with van der Waals surface area (Å²) in [5, 5.41) is 0. The fourth-order valence-electron chi connectivity index (χ4n) is 2.71. The number of benzene rings is 1. The Morgan fingerprint density at radius 2 is 2.09 bits per heavy atom. The van der Waals surface area contributed by atoms with Crippen molar-refractivity contribution < 1.29 is 13.9 Å². The average Bonchev–Trinajstić information content (AvgIpc) is 3.33. The van der Waals surface area contributed by atoms with Crippen LogP contribution in [-0.2, 0) is 4.74 Å². The molecule has 0 atom stereocenters. The summed E-state index contributed by atoms with van der Waals surface area (Å²) in [4.78, 5) is 20.0. The van der Waals surface area contributed by atoms with Crippen LogP contribution < -0.4 is 0 Å². The van der Waals surface area contributed by atoms with Gasteiger partial charge in [0.05, 0.1) is 18.9 Å². The molecule has 1 aliphatic rings. The number of halogens is 1. The van der Waals surface area contributed by atoms with Crippen LogP contribution in [0.5, 0.6) is 0 Å². The summed E-state index contributed by atoms with van der Waals surface area (Å²) in [5.41, 5.74) is 2.33. The van der Waals surface area contributed by atoms with Crippen molar-refractivity contribution in [1.82, 2.24) is 14.4 Å². The van der Waals surface area contributed by atoms with Gasteiger partial charge in [0, 0.05) is 35.1 Å². The van der Waals surface area contributed by atoms with Crippen molar-refractivity contribution >= 4 is 11.7 Å². The van der Waals surface area contributed by atoms with Crippen LogP contribution in [0.25, 0.3) is 16.9 Å². The van der Waals surface area contributed by atoms with Crippen LogP contribution in [0.4, 0.5) is 4.39 Å². The van der Waals surface area contributed by atoms with E-state index in [-0.39, 0.29) is 5.56 Å². The topological polar surface area (TPSA) is 56.5 Å². The van der Waals surface area contributed by atoms with Crippen molar-refractivity contribution in [3.8, 4) is 11.1 Å². The van der Waals surface area contributed by atoms with Crippen LogP contribution in [-0.4, -0.2) is 27.4 Å². The van der Waals surface area contributed by atoms with Crippen molar-refractivity contribution in [2.24, 2.45) is 0 Å². The molecular formula is C17H14FN3O2. The first-order valence-corrected chi connectivity index (χ1v) is 7.38. The van der Waals surface area contributed by atoms with Gasteiger partial charge in [0.2, 0.25) is 5.78 Å². The minimum absolute atomic E-state index is 0.184. The van der Waals surface area contributed by atoms with Crippen molar-refractivity contribution in [2.45, 2.75) is 18.8 Å². The van der Waals surface area contributed by atoms with E-state index in [9.17, 15) is 9.18 Å². The molecule has 2 heterocycles. The van der Waals surface area contributed by atoms with E-state index in [1.54, 1.807) is 18.3 Å². The van der Waals surface area contributed by atoms with Gasteiger partial charge < -0.3 is 4.74 Å². The van der Waals surface area contributed by atoms with Crippen molar-refractivity contribution in [3.63, 3.8) is 0 Å². The Kier molecular flexibility index (Phi) is 3.11. The zero-order valence-corrected chi connectivity index (χ0v) is 12.5. The Labute approximate surface area is 131 Å². The highest BCUT2D eigenvalue weighted by Gasteiger charge is 2.27. The first-order chi connectivity index (χ1) is 11.2. The number of hydrogen-bond donors (Lipinski definition) is 0. The van der Waals surface area contributed by atoms with E-state index in [1.807, 2.05) is 16.8 Å². The molecule has 116 valence electrons. The molecule has 0 radical (unpaired) electrons. The van der Waals surface area contributed by atoms with E-state index in [4.69, 9.17) is 0 Å². The van der Waals surface area contributed by atoms with Gasteiger partial charge in [0.1, 0.15) is 5.82 Å². The van der Waals surface area contributed by atoms with E-state index in [2.05, 4.69) is 14.7 Å². The Morgan fingerprint density at radius 1 is 1.30 bits per heavy atom. The van der Waals surface area contributed by atoms with Crippen LogP contribution in [0.15, 0.2) is 36.8 Å². The summed E-state index contributed by atoms with van der Waals surface area (Å²) in [7, 11) is 1.27. The second kappa shape index (κ2) is 5.15. The normalized spacial score (nSPS) is 14.2. The molecular weight excluding hydrogens is 297 g/mol. The maximum absolute atomic E-state index is 14.4. The molecule has 0 amide bonds. The summed E-state index contributed by atoms with van der Waals surface area (Å²) in [6.07, 6.45) is 7.58. The minimum Gasteiger partial charge on any atom is -0.465 e. The molecule has 0 unspecified atom stereocenters. The number of carbonyl (C=O) groups is 1. The van der Waals surface area contributed by atoms with Crippen LogP contribution >= 0.6 is 0 Å². The van der Waals surface area contributed by atoms with Crippen molar-refractivity contribution in [3.05, 3.63) is 53.9 Å². The second-order valence-electron chi connectivity index (χ2n) is 5.66. The zero-order chi connectivity index (χ0) is 16.0. The lowest BCUT2D eigenvalue weighted by molar-refractivity contribution is 0.0600. The molecule has 0 aliphatic heterocycles. The predicted molar refractivity (Wildman–Crippen MR) is 81.7 cm³/mol. The quantitative estimate of drug-likeness (QED) is 0.697. The van der Waals surface area contributed by atoms with E-state index in [1.165, 1.54) is 13.2 Å². The molecule has 0 bridgehead atoms. The highest BCUT2D eigenvalue weighted by molar-refractivity contribution is 5.90. The van der Waals surface area contributed by atoms with E-state index < -0.39 is 11.8 Å². The van der Waals surface area contributed by atoms with Gasteiger partial charge in [0.15, 0.2) is 0 Å². The van der Waals surface area contributed by atoms with Gasteiger partial charge in [-0.25, -0.2) is 19.2 Å². The van der Waals surface area contributed by atoms with Crippen LogP contribution in [0, 0.1) is 5.82 Å². The molecule has 4 rings (SSSR count). The molecule has 1 saturated carbocycles. The lowest BCUT2D eigenvalue weighted by atomic mass is 10.1. The first-order valence-electron chi connectivity index (χ1n) is 7.38. The maximum atomic E-state index is 14.4. The molecule has 0 spiro atoms. The molecule has 1 aromatic carbocycles. The molecule has 2 aromatic heterocycles. The molecule has 0 saturated heterocycles. The molecule has 5 nitrogen and oxygen atoms in total. The smallest absolute Gasteiger partial charge is 0.337 e. The first kappa shape index (κ1) is 13.9. The number of esters is 1. The van der Waals surface area contributed by atoms with Gasteiger partial charge in [0.25, 0.3) is 0 Å². The number of carbonyl (C=O) groups excluding carboxylic acids is 1. The van der Waals surface area contributed by atoms with Gasteiger partial charge >= 0.3 is 5.97 Å². The highest BCUT2D eigenvalue weighted by atomic mass is 19.1. The second-order valence-corrected chi connectivity index (χ2v) is 5.66. The molecule has 0 N–H and O–H groups in total. The Morgan fingerprint density at radius 3 is 2.78 bits per heavy atom. The molecule has 1 fully saturated rings. The standard InChI is InChI=1S/C17H14FN3O2/c1-23-16(22)11-4-5-13(14(18)6-11)12-7-19-17-20-8-15(10-2-3-10)21(17)9-12/h4-10H,2-3H2,1H3. The van der Waals surface area contributed by atoms with Crippen LogP contribution in [0.1, 0.15) is 34.8 Å². The number of nitrogens with zero attached hydrogens (tertiary/aromatic N) is 3. The highest BCUT2D eigenvalue weighted by Crippen LogP contribution is 2.40. The lowest BCUT2D eigenvalue weighted by Gasteiger charge is -2.07. The number of fused-ring (bicyclic) bond motifs is 1. The van der Waals surface area contributed by atoms with Gasteiger partial charge in [-0.2, -0.15) is 0 Å². The number of methoxy groups -OCH3 is 1. The third-order valence-electron chi connectivity index (χ3n) is 4.09. The fraction of sp³-hybridized carbons (Fsp3) is 0.235. The molecule has 23 heavy (non-hydrogen) atoms. The number of hydrogen-bond acceptors (Lipinski definition) is 4. The van der Waals surface area contributed by atoms with Gasteiger partial charge in [-0.1, -0.05) is 6.07 Å². The SMILES string of the molecule is COC(=O)c1ccc(-c2cnc3ncc(C4CC4)n3c2)c(F)c1. The Balaban J connectivity index is 1.79. The van der Waals surface area contributed by atoms with Gasteiger partial charge in [-0.3, -0.25) is 4.40 Å². The summed E-state index contributed by atoms with van der Waals surface area (Å²) >= 11 is 0. The van der Waals surface area contributed by atoms with E-state index >= 15 is 0 Å². The largest absolute Gasteiger partial charge is 0.465 e. The number of aromatic nitrogens is 3. The number of ether oxygens (including phenoxy) is 1. The summed E-state index contributed by atoms with van der Waals surface area (Å²) in [5.74, 6) is 0.0904. The van der Waals surface area contributed by atoms with E-state index in [0.717, 1.165) is 18.5 Å². The monoisotopic (exact) mass is 311 g/mol. The number of rotatable bonds is 3. The maximum Gasteiger partial charge on any atom is 0.337 e. The summed E-state index contributed by atoms with van der Waals surface area (Å²) in [6.45, 7) is 0. The van der Waals surface area contributed by atoms with Gasteiger partial charge in [-0.15, -0.1) is 0 Å². The lowest BCUT2D eigenvalue weighted by Crippen LogP contribution is -2.02. The predicted octanol–water partition coefficient (Wildman–Crippen LogP) is 3.20. The van der Waals surface area contributed by atoms with Crippen LogP contribution in [0.3, 0.4) is 0 Å². The molecule has 3 aromatic rings. The fourth-order valence-corrected chi connectivity index (χ4v) is 2.71.